The summed E-state index contributed by atoms with van der Waals surface area (Å²) >= 11 is 0. The van der Waals surface area contributed by atoms with Gasteiger partial charge >= 0.3 is 0 Å². The fraction of sp³-hybridized carbons (Fsp3) is 0.0345. The number of hydrogen-bond donors (Lipinski definition) is 1. The molecule has 0 radical (unpaired) electrons. The van der Waals surface area contributed by atoms with Crippen LogP contribution in [0.2, 0.25) is 0 Å². The lowest BCUT2D eigenvalue weighted by molar-refractivity contribution is 0.102. The number of halogens is 1. The van der Waals surface area contributed by atoms with E-state index in [1.807, 2.05) is 67.6 Å². The number of carbonyl (C=O) groups excluding carboxylic acids is 1. The number of aromatic nitrogens is 4. The molecule has 0 aliphatic rings. The summed E-state index contributed by atoms with van der Waals surface area (Å²) in [4.78, 5) is 12.9. The summed E-state index contributed by atoms with van der Waals surface area (Å²) in [6.07, 6.45) is 0. The average Bonchev–Trinajstić information content (AvgIpc) is 3.33. The lowest BCUT2D eigenvalue weighted by Gasteiger charge is -2.09. The maximum Gasteiger partial charge on any atom is 0.255 e. The van der Waals surface area contributed by atoms with Crippen molar-refractivity contribution in [3.05, 3.63) is 114 Å². The van der Waals surface area contributed by atoms with E-state index >= 15 is 0 Å². The Bertz CT molecular complexity index is 1740. The zero-order valence-electron chi connectivity index (χ0n) is 19.3. The van der Waals surface area contributed by atoms with Crippen LogP contribution in [-0.4, -0.2) is 25.7 Å². The molecule has 0 spiro atoms. The quantitative estimate of drug-likeness (QED) is 0.326. The Hall–Kier alpha value is -4.91. The van der Waals surface area contributed by atoms with Gasteiger partial charge in [0.25, 0.3) is 5.91 Å². The first-order valence-electron chi connectivity index (χ1n) is 11.5. The lowest BCUT2D eigenvalue weighted by Crippen LogP contribution is -2.11. The Labute approximate surface area is 206 Å². The van der Waals surface area contributed by atoms with E-state index in [9.17, 15) is 9.18 Å². The minimum absolute atomic E-state index is 0.233. The second kappa shape index (κ2) is 8.70. The summed E-state index contributed by atoms with van der Waals surface area (Å²) in [5.41, 5.74) is 5.29. The summed E-state index contributed by atoms with van der Waals surface area (Å²) in [7, 11) is 0. The maximum atomic E-state index is 13.2. The standard InChI is InChI=1S/C29H20FN5O/c1-18-25-7-2-3-8-26(25)28-33-32-27(35(28)34-18)22-5-4-6-24(17-22)31-29(36)21-11-9-19(10-12-21)20-13-15-23(30)16-14-20/h2-17H,1H3,(H,31,36). The topological polar surface area (TPSA) is 72.2 Å². The van der Waals surface area contributed by atoms with E-state index in [4.69, 9.17) is 5.10 Å². The lowest BCUT2D eigenvalue weighted by atomic mass is 10.0. The van der Waals surface area contributed by atoms with Gasteiger partial charge in [0, 0.05) is 27.6 Å². The van der Waals surface area contributed by atoms with Crippen LogP contribution in [0.25, 0.3) is 38.9 Å². The summed E-state index contributed by atoms with van der Waals surface area (Å²) in [6, 6.07) is 28.9. The van der Waals surface area contributed by atoms with Crippen LogP contribution in [0.1, 0.15) is 16.1 Å². The third kappa shape index (κ3) is 3.86. The molecule has 6 aromatic rings. The zero-order valence-corrected chi connectivity index (χ0v) is 19.3. The van der Waals surface area contributed by atoms with E-state index in [2.05, 4.69) is 15.5 Å². The minimum Gasteiger partial charge on any atom is -0.322 e. The molecule has 0 saturated carbocycles. The van der Waals surface area contributed by atoms with Crippen molar-refractivity contribution in [3.63, 3.8) is 0 Å². The molecule has 0 aliphatic heterocycles. The molecule has 174 valence electrons. The molecule has 0 fully saturated rings. The zero-order chi connectivity index (χ0) is 24.6. The van der Waals surface area contributed by atoms with E-state index in [1.165, 1.54) is 12.1 Å². The first-order chi connectivity index (χ1) is 17.6. The Morgan fingerprint density at radius 1 is 0.778 bits per heavy atom. The van der Waals surface area contributed by atoms with Crippen molar-refractivity contribution >= 4 is 28.0 Å². The van der Waals surface area contributed by atoms with E-state index in [1.54, 1.807) is 28.8 Å². The summed E-state index contributed by atoms with van der Waals surface area (Å²) in [5.74, 6) is 0.0813. The summed E-state index contributed by atoms with van der Waals surface area (Å²) in [5, 5.41) is 18.4. The second-order valence-electron chi connectivity index (χ2n) is 8.51. The molecule has 36 heavy (non-hydrogen) atoms. The third-order valence-corrected chi connectivity index (χ3v) is 6.15. The normalized spacial score (nSPS) is 11.2. The van der Waals surface area contributed by atoms with Crippen molar-refractivity contribution in [1.29, 1.82) is 0 Å². The molecule has 4 aromatic carbocycles. The first kappa shape index (κ1) is 21.6. The summed E-state index contributed by atoms with van der Waals surface area (Å²) < 4.78 is 14.9. The molecule has 7 heteroatoms. The Morgan fingerprint density at radius 2 is 1.47 bits per heavy atom. The number of anilines is 1. The van der Waals surface area contributed by atoms with Gasteiger partial charge in [0.1, 0.15) is 5.82 Å². The van der Waals surface area contributed by atoms with Gasteiger partial charge in [0.05, 0.1) is 5.69 Å². The van der Waals surface area contributed by atoms with Crippen LogP contribution in [0.3, 0.4) is 0 Å². The molecule has 0 bridgehead atoms. The number of rotatable bonds is 4. The molecule has 0 atom stereocenters. The molecule has 0 unspecified atom stereocenters. The number of fused-ring (bicyclic) bond motifs is 3. The predicted molar refractivity (Wildman–Crippen MR) is 138 cm³/mol. The largest absolute Gasteiger partial charge is 0.322 e. The molecule has 1 N–H and O–H groups in total. The molecule has 2 aromatic heterocycles. The van der Waals surface area contributed by atoms with Crippen LogP contribution in [0.5, 0.6) is 0 Å². The highest BCUT2D eigenvalue weighted by atomic mass is 19.1. The Balaban J connectivity index is 1.27. The molecule has 1 amide bonds. The first-order valence-corrected chi connectivity index (χ1v) is 11.5. The SMILES string of the molecule is Cc1nn2c(-c3cccc(NC(=O)c4ccc(-c5ccc(F)cc5)cc4)c3)nnc2c2ccccc12. The Kier molecular flexibility index (Phi) is 5.22. The van der Waals surface area contributed by atoms with Gasteiger partial charge in [-0.1, -0.05) is 60.7 Å². The van der Waals surface area contributed by atoms with Crippen LogP contribution in [0.15, 0.2) is 97.1 Å². The molecule has 6 rings (SSSR count). The van der Waals surface area contributed by atoms with Crippen LogP contribution >= 0.6 is 0 Å². The number of hydrogen-bond acceptors (Lipinski definition) is 4. The van der Waals surface area contributed by atoms with Gasteiger partial charge in [0.15, 0.2) is 11.5 Å². The van der Waals surface area contributed by atoms with Crippen molar-refractivity contribution in [2.24, 2.45) is 0 Å². The van der Waals surface area contributed by atoms with Gasteiger partial charge in [0.2, 0.25) is 0 Å². The van der Waals surface area contributed by atoms with Crippen LogP contribution in [0.4, 0.5) is 10.1 Å². The van der Waals surface area contributed by atoms with Crippen LogP contribution in [-0.2, 0) is 0 Å². The molecular weight excluding hydrogens is 453 g/mol. The highest BCUT2D eigenvalue weighted by Gasteiger charge is 2.15. The van der Waals surface area contributed by atoms with Crippen molar-refractivity contribution in [1.82, 2.24) is 19.8 Å². The summed E-state index contributed by atoms with van der Waals surface area (Å²) in [6.45, 7) is 1.96. The monoisotopic (exact) mass is 473 g/mol. The highest BCUT2D eigenvalue weighted by Crippen LogP contribution is 2.26. The number of amides is 1. The van der Waals surface area contributed by atoms with Crippen LogP contribution < -0.4 is 5.32 Å². The van der Waals surface area contributed by atoms with E-state index in [0.717, 1.165) is 33.2 Å². The van der Waals surface area contributed by atoms with Crippen molar-refractivity contribution in [3.8, 4) is 22.5 Å². The number of aryl methyl sites for hydroxylation is 1. The number of benzene rings is 4. The van der Waals surface area contributed by atoms with Crippen LogP contribution in [0, 0.1) is 12.7 Å². The molecule has 0 aliphatic carbocycles. The Morgan fingerprint density at radius 3 is 2.22 bits per heavy atom. The van der Waals surface area contributed by atoms with Crippen molar-refractivity contribution in [2.45, 2.75) is 6.92 Å². The molecule has 2 heterocycles. The van der Waals surface area contributed by atoms with E-state index in [0.29, 0.717) is 22.7 Å². The smallest absolute Gasteiger partial charge is 0.255 e. The molecular formula is C29H20FN5O. The fourth-order valence-electron chi connectivity index (χ4n) is 4.32. The number of nitrogens with one attached hydrogen (secondary N) is 1. The maximum absolute atomic E-state index is 13.2. The van der Waals surface area contributed by atoms with E-state index in [-0.39, 0.29) is 11.7 Å². The van der Waals surface area contributed by atoms with Gasteiger partial charge in [-0.05, 0) is 54.4 Å². The predicted octanol–water partition coefficient (Wildman–Crippen LogP) is 6.31. The van der Waals surface area contributed by atoms with Gasteiger partial charge in [-0.3, -0.25) is 4.79 Å². The average molecular weight is 474 g/mol. The van der Waals surface area contributed by atoms with Gasteiger partial charge in [-0.15, -0.1) is 10.2 Å². The minimum atomic E-state index is -0.282. The van der Waals surface area contributed by atoms with Gasteiger partial charge in [-0.25, -0.2) is 4.39 Å². The number of carbonyl (C=O) groups is 1. The van der Waals surface area contributed by atoms with Gasteiger partial charge in [-0.2, -0.15) is 9.61 Å². The molecule has 0 saturated heterocycles. The number of nitrogens with zero attached hydrogens (tertiary/aromatic N) is 4. The van der Waals surface area contributed by atoms with Gasteiger partial charge < -0.3 is 5.32 Å². The van der Waals surface area contributed by atoms with E-state index < -0.39 is 0 Å². The molecule has 6 nitrogen and oxygen atoms in total. The fourth-order valence-corrected chi connectivity index (χ4v) is 4.32. The third-order valence-electron chi connectivity index (χ3n) is 6.15. The van der Waals surface area contributed by atoms with Crippen molar-refractivity contribution in [2.75, 3.05) is 5.32 Å². The highest BCUT2D eigenvalue weighted by molar-refractivity contribution is 6.04. The second-order valence-corrected chi connectivity index (χ2v) is 8.51. The van der Waals surface area contributed by atoms with Crippen molar-refractivity contribution < 1.29 is 9.18 Å².